The molecule has 1 aliphatic heterocycles. The van der Waals surface area contributed by atoms with Crippen molar-refractivity contribution in [2.24, 2.45) is 0 Å². The number of hydrogen-bond acceptors (Lipinski definition) is 4. The average Bonchev–Trinajstić information content (AvgIpc) is 2.78. The zero-order valence-electron chi connectivity index (χ0n) is 13.6. The van der Waals surface area contributed by atoms with Crippen LogP contribution in [0.3, 0.4) is 0 Å². The zero-order chi connectivity index (χ0) is 14.8. The molecule has 1 aromatic heterocycles. The molecule has 0 spiro atoms. The van der Waals surface area contributed by atoms with Gasteiger partial charge in [-0.3, -0.25) is 4.90 Å². The van der Waals surface area contributed by atoms with Crippen molar-refractivity contribution < 1.29 is 0 Å². The van der Waals surface area contributed by atoms with Crippen LogP contribution in [-0.4, -0.2) is 48.1 Å². The van der Waals surface area contributed by atoms with E-state index in [9.17, 15) is 0 Å². The van der Waals surface area contributed by atoms with Crippen LogP contribution < -0.4 is 5.32 Å². The SMILES string of the molecule is CC1CN(Cc2ccc(CNC(C)(C)C)s2)CCN1C. The molecule has 0 radical (unpaired) electrons. The van der Waals surface area contributed by atoms with Gasteiger partial charge in [0, 0.05) is 54.1 Å². The van der Waals surface area contributed by atoms with E-state index in [2.05, 4.69) is 62.0 Å². The van der Waals surface area contributed by atoms with Crippen molar-refractivity contribution in [3.63, 3.8) is 0 Å². The van der Waals surface area contributed by atoms with E-state index in [-0.39, 0.29) is 5.54 Å². The summed E-state index contributed by atoms with van der Waals surface area (Å²) in [5, 5.41) is 3.56. The molecule has 0 aromatic carbocycles. The molecule has 0 amide bonds. The highest BCUT2D eigenvalue weighted by atomic mass is 32.1. The van der Waals surface area contributed by atoms with E-state index >= 15 is 0 Å². The molecule has 1 aromatic rings. The Kier molecular flexibility index (Phi) is 5.24. The summed E-state index contributed by atoms with van der Waals surface area (Å²) in [5.74, 6) is 0. The van der Waals surface area contributed by atoms with E-state index < -0.39 is 0 Å². The molecule has 0 saturated carbocycles. The molecule has 114 valence electrons. The van der Waals surface area contributed by atoms with Gasteiger partial charge in [-0.25, -0.2) is 0 Å². The topological polar surface area (TPSA) is 18.5 Å². The number of thiophene rings is 1. The van der Waals surface area contributed by atoms with Crippen LogP contribution >= 0.6 is 11.3 Å². The van der Waals surface area contributed by atoms with Crippen molar-refractivity contribution in [2.45, 2.75) is 52.4 Å². The highest BCUT2D eigenvalue weighted by Gasteiger charge is 2.20. The third-order valence-electron chi connectivity index (χ3n) is 3.93. The van der Waals surface area contributed by atoms with Crippen LogP contribution in [0.2, 0.25) is 0 Å². The molecule has 1 N–H and O–H groups in total. The summed E-state index contributed by atoms with van der Waals surface area (Å²) in [6, 6.07) is 5.25. The first-order chi connectivity index (χ1) is 9.33. The van der Waals surface area contributed by atoms with Gasteiger partial charge < -0.3 is 10.2 Å². The number of rotatable bonds is 4. The van der Waals surface area contributed by atoms with Crippen molar-refractivity contribution in [1.82, 2.24) is 15.1 Å². The van der Waals surface area contributed by atoms with E-state index in [0.29, 0.717) is 6.04 Å². The normalized spacial score (nSPS) is 22.4. The number of nitrogens with one attached hydrogen (secondary N) is 1. The standard InChI is InChI=1S/C16H29N3S/c1-13-11-19(9-8-18(13)5)12-15-7-6-14(20-15)10-17-16(2,3)4/h6-7,13,17H,8-12H2,1-5H3. The smallest absolute Gasteiger partial charge is 0.0329 e. The first-order valence-electron chi connectivity index (χ1n) is 7.59. The van der Waals surface area contributed by atoms with Crippen molar-refractivity contribution in [2.75, 3.05) is 26.7 Å². The number of likely N-dealkylation sites (N-methyl/N-ethyl adjacent to an activating group) is 1. The summed E-state index contributed by atoms with van der Waals surface area (Å²) in [5.41, 5.74) is 0.192. The fourth-order valence-corrected chi connectivity index (χ4v) is 3.44. The van der Waals surface area contributed by atoms with Crippen molar-refractivity contribution in [3.8, 4) is 0 Å². The molecule has 2 rings (SSSR count). The first-order valence-corrected chi connectivity index (χ1v) is 8.40. The molecule has 4 heteroatoms. The van der Waals surface area contributed by atoms with Crippen LogP contribution in [0, 0.1) is 0 Å². The summed E-state index contributed by atoms with van der Waals surface area (Å²) >= 11 is 1.95. The lowest BCUT2D eigenvalue weighted by molar-refractivity contribution is 0.101. The van der Waals surface area contributed by atoms with E-state index in [0.717, 1.165) is 13.1 Å². The Bertz CT molecular complexity index is 422. The Morgan fingerprint density at radius 3 is 2.60 bits per heavy atom. The monoisotopic (exact) mass is 295 g/mol. The lowest BCUT2D eigenvalue weighted by atomic mass is 10.1. The van der Waals surface area contributed by atoms with E-state index in [1.165, 1.54) is 29.4 Å². The van der Waals surface area contributed by atoms with Crippen molar-refractivity contribution >= 4 is 11.3 Å². The molecule has 20 heavy (non-hydrogen) atoms. The Labute approximate surface area is 128 Å². The minimum Gasteiger partial charge on any atom is -0.307 e. The summed E-state index contributed by atoms with van der Waals surface area (Å²) < 4.78 is 0. The van der Waals surface area contributed by atoms with Gasteiger partial charge in [-0.05, 0) is 46.9 Å². The van der Waals surface area contributed by atoms with Gasteiger partial charge in [-0.2, -0.15) is 0 Å². The minimum atomic E-state index is 0.192. The molecule has 3 nitrogen and oxygen atoms in total. The lowest BCUT2D eigenvalue weighted by Crippen LogP contribution is -2.49. The van der Waals surface area contributed by atoms with Crippen molar-refractivity contribution in [1.29, 1.82) is 0 Å². The molecular weight excluding hydrogens is 266 g/mol. The predicted octanol–water partition coefficient (Wildman–Crippen LogP) is 2.77. The van der Waals surface area contributed by atoms with E-state index in [1.54, 1.807) is 0 Å². The highest BCUT2D eigenvalue weighted by molar-refractivity contribution is 7.11. The number of nitrogens with zero attached hydrogens (tertiary/aromatic N) is 2. The Balaban J connectivity index is 1.84. The highest BCUT2D eigenvalue weighted by Crippen LogP contribution is 2.20. The Morgan fingerprint density at radius 1 is 1.25 bits per heavy atom. The maximum atomic E-state index is 3.56. The van der Waals surface area contributed by atoms with Crippen LogP contribution in [0.25, 0.3) is 0 Å². The quantitative estimate of drug-likeness (QED) is 0.921. The summed E-state index contributed by atoms with van der Waals surface area (Å²) in [4.78, 5) is 7.96. The fourth-order valence-electron chi connectivity index (χ4n) is 2.44. The van der Waals surface area contributed by atoms with Crippen LogP contribution in [0.1, 0.15) is 37.4 Å². The number of hydrogen-bond donors (Lipinski definition) is 1. The minimum absolute atomic E-state index is 0.192. The second kappa shape index (κ2) is 6.56. The molecule has 1 aliphatic rings. The maximum Gasteiger partial charge on any atom is 0.0329 e. The van der Waals surface area contributed by atoms with Gasteiger partial charge in [0.05, 0.1) is 0 Å². The molecular formula is C16H29N3S. The largest absolute Gasteiger partial charge is 0.307 e. The molecule has 0 aliphatic carbocycles. The Hall–Kier alpha value is -0.420. The fraction of sp³-hybridized carbons (Fsp3) is 0.750. The lowest BCUT2D eigenvalue weighted by Gasteiger charge is -2.37. The number of piperazine rings is 1. The summed E-state index contributed by atoms with van der Waals surface area (Å²) in [6.07, 6.45) is 0. The van der Waals surface area contributed by atoms with Gasteiger partial charge in [-0.1, -0.05) is 0 Å². The van der Waals surface area contributed by atoms with Crippen LogP contribution in [0.15, 0.2) is 12.1 Å². The molecule has 1 saturated heterocycles. The third kappa shape index (κ3) is 4.85. The van der Waals surface area contributed by atoms with Gasteiger partial charge in [0.1, 0.15) is 0 Å². The Morgan fingerprint density at radius 2 is 1.95 bits per heavy atom. The third-order valence-corrected chi connectivity index (χ3v) is 5.00. The zero-order valence-corrected chi connectivity index (χ0v) is 14.4. The predicted molar refractivity (Wildman–Crippen MR) is 88.3 cm³/mol. The van der Waals surface area contributed by atoms with Crippen LogP contribution in [-0.2, 0) is 13.1 Å². The first kappa shape index (κ1) is 16.0. The summed E-state index contributed by atoms with van der Waals surface area (Å²) in [7, 11) is 2.23. The van der Waals surface area contributed by atoms with Gasteiger partial charge in [0.2, 0.25) is 0 Å². The average molecular weight is 295 g/mol. The molecule has 1 atom stereocenters. The van der Waals surface area contributed by atoms with Gasteiger partial charge in [0.15, 0.2) is 0 Å². The molecule has 1 fully saturated rings. The molecule has 0 bridgehead atoms. The van der Waals surface area contributed by atoms with Gasteiger partial charge in [-0.15, -0.1) is 11.3 Å². The van der Waals surface area contributed by atoms with E-state index in [1.807, 2.05) is 11.3 Å². The van der Waals surface area contributed by atoms with Crippen LogP contribution in [0.5, 0.6) is 0 Å². The second-order valence-electron chi connectivity index (χ2n) is 7.04. The van der Waals surface area contributed by atoms with E-state index in [4.69, 9.17) is 0 Å². The van der Waals surface area contributed by atoms with Gasteiger partial charge in [0.25, 0.3) is 0 Å². The molecule has 2 heterocycles. The second-order valence-corrected chi connectivity index (χ2v) is 8.29. The molecule has 1 unspecified atom stereocenters. The summed E-state index contributed by atoms with van der Waals surface area (Å²) in [6.45, 7) is 14.6. The van der Waals surface area contributed by atoms with Crippen molar-refractivity contribution in [3.05, 3.63) is 21.9 Å². The van der Waals surface area contributed by atoms with Gasteiger partial charge >= 0.3 is 0 Å². The maximum absolute atomic E-state index is 3.56. The van der Waals surface area contributed by atoms with Crippen LogP contribution in [0.4, 0.5) is 0 Å².